The van der Waals surface area contributed by atoms with Crippen LogP contribution in [-0.4, -0.2) is 49.4 Å². The smallest absolute Gasteiger partial charge is 0.317 e. The van der Waals surface area contributed by atoms with Crippen molar-refractivity contribution >= 4 is 6.03 Å². The minimum absolute atomic E-state index is 0.0680. The van der Waals surface area contributed by atoms with Crippen LogP contribution in [0.15, 0.2) is 30.3 Å². The van der Waals surface area contributed by atoms with Gasteiger partial charge in [-0.25, -0.2) is 4.79 Å². The first kappa shape index (κ1) is 16.3. The Morgan fingerprint density at radius 1 is 1.13 bits per heavy atom. The van der Waals surface area contributed by atoms with Crippen molar-refractivity contribution in [1.29, 1.82) is 0 Å². The molecule has 2 fully saturated rings. The molecule has 0 bridgehead atoms. The lowest BCUT2D eigenvalue weighted by molar-refractivity contribution is 0.00381. The summed E-state index contributed by atoms with van der Waals surface area (Å²) in [6.07, 6.45) is 3.91. The maximum Gasteiger partial charge on any atom is 0.317 e. The summed E-state index contributed by atoms with van der Waals surface area (Å²) in [7, 11) is 0. The van der Waals surface area contributed by atoms with Crippen molar-refractivity contribution in [2.75, 3.05) is 26.3 Å². The fourth-order valence-corrected chi connectivity index (χ4v) is 3.12. The minimum atomic E-state index is 0.0680. The number of hydrogen-bond acceptors (Lipinski definition) is 3. The zero-order valence-corrected chi connectivity index (χ0v) is 13.6. The van der Waals surface area contributed by atoms with Crippen molar-refractivity contribution in [3.63, 3.8) is 0 Å². The van der Waals surface area contributed by atoms with Crippen LogP contribution in [0.3, 0.4) is 0 Å². The fraction of sp³-hybridized carbons (Fsp3) is 0.611. The van der Waals surface area contributed by atoms with Gasteiger partial charge in [0, 0.05) is 32.3 Å². The summed E-state index contributed by atoms with van der Waals surface area (Å²) < 4.78 is 11.3. The summed E-state index contributed by atoms with van der Waals surface area (Å²) in [5.41, 5.74) is 1.20. The highest BCUT2D eigenvalue weighted by atomic mass is 16.5. The summed E-state index contributed by atoms with van der Waals surface area (Å²) in [5, 5.41) is 3.13. The molecule has 0 saturated carbocycles. The summed E-state index contributed by atoms with van der Waals surface area (Å²) in [6, 6.07) is 10.6. The maximum absolute atomic E-state index is 12.3. The van der Waals surface area contributed by atoms with Crippen LogP contribution in [0.2, 0.25) is 0 Å². The van der Waals surface area contributed by atoms with Crippen LogP contribution in [0.25, 0.3) is 0 Å². The van der Waals surface area contributed by atoms with Gasteiger partial charge in [-0.2, -0.15) is 0 Å². The van der Waals surface area contributed by atoms with Crippen LogP contribution in [0.4, 0.5) is 4.79 Å². The molecule has 3 rings (SSSR count). The molecule has 1 N–H and O–H groups in total. The number of likely N-dealkylation sites (tertiary alicyclic amines) is 1. The molecule has 1 aromatic carbocycles. The van der Waals surface area contributed by atoms with Gasteiger partial charge in [0.2, 0.25) is 0 Å². The van der Waals surface area contributed by atoms with Gasteiger partial charge in [0.15, 0.2) is 0 Å². The van der Waals surface area contributed by atoms with Crippen molar-refractivity contribution < 1.29 is 14.3 Å². The SMILES string of the molecule is O=C(NC1CCOCC1)N1CCC(OCc2ccccc2)CC1. The molecule has 2 aliphatic rings. The highest BCUT2D eigenvalue weighted by Gasteiger charge is 2.25. The molecule has 0 spiro atoms. The van der Waals surface area contributed by atoms with Gasteiger partial charge in [-0.05, 0) is 31.2 Å². The normalized spacial score (nSPS) is 20.4. The van der Waals surface area contributed by atoms with Crippen LogP contribution >= 0.6 is 0 Å². The zero-order chi connectivity index (χ0) is 15.9. The van der Waals surface area contributed by atoms with Gasteiger partial charge in [-0.15, -0.1) is 0 Å². The number of amides is 2. The molecule has 2 amide bonds. The number of benzene rings is 1. The molecule has 0 atom stereocenters. The second-order valence-corrected chi connectivity index (χ2v) is 6.32. The largest absolute Gasteiger partial charge is 0.381 e. The first-order chi connectivity index (χ1) is 11.3. The maximum atomic E-state index is 12.3. The molecule has 23 heavy (non-hydrogen) atoms. The average Bonchev–Trinajstić information content (AvgIpc) is 2.62. The van der Waals surface area contributed by atoms with E-state index in [-0.39, 0.29) is 18.2 Å². The standard InChI is InChI=1S/C18H26N2O3/c21-18(19-16-8-12-22-13-9-16)20-10-6-17(7-11-20)23-14-15-4-2-1-3-5-15/h1-5,16-17H,6-14H2,(H,19,21). The summed E-state index contributed by atoms with van der Waals surface area (Å²) in [5.74, 6) is 0. The molecule has 0 aliphatic carbocycles. The van der Waals surface area contributed by atoms with Crippen LogP contribution < -0.4 is 5.32 Å². The number of urea groups is 1. The van der Waals surface area contributed by atoms with E-state index in [2.05, 4.69) is 17.4 Å². The van der Waals surface area contributed by atoms with Gasteiger partial charge >= 0.3 is 6.03 Å². The number of piperidine rings is 1. The van der Waals surface area contributed by atoms with E-state index in [1.165, 1.54) is 5.56 Å². The van der Waals surface area contributed by atoms with Crippen molar-refractivity contribution in [2.45, 2.75) is 44.4 Å². The lowest BCUT2D eigenvalue weighted by atomic mass is 10.1. The van der Waals surface area contributed by atoms with Crippen LogP contribution in [-0.2, 0) is 16.1 Å². The monoisotopic (exact) mass is 318 g/mol. The quantitative estimate of drug-likeness (QED) is 0.928. The third kappa shape index (κ3) is 4.94. The second kappa shape index (κ2) is 8.31. The average molecular weight is 318 g/mol. The molecule has 5 nitrogen and oxygen atoms in total. The Morgan fingerprint density at radius 3 is 2.52 bits per heavy atom. The molecule has 0 radical (unpaired) electrons. The minimum Gasteiger partial charge on any atom is -0.381 e. The third-order valence-corrected chi connectivity index (χ3v) is 4.61. The summed E-state index contributed by atoms with van der Waals surface area (Å²) in [6.45, 7) is 3.70. The van der Waals surface area contributed by atoms with E-state index in [0.717, 1.165) is 52.0 Å². The van der Waals surface area contributed by atoms with E-state index in [1.54, 1.807) is 0 Å². The molecular formula is C18H26N2O3. The molecule has 0 unspecified atom stereocenters. The third-order valence-electron chi connectivity index (χ3n) is 4.61. The number of rotatable bonds is 4. The van der Waals surface area contributed by atoms with Gasteiger partial charge in [0.25, 0.3) is 0 Å². The fourth-order valence-electron chi connectivity index (χ4n) is 3.12. The van der Waals surface area contributed by atoms with Gasteiger partial charge in [0.1, 0.15) is 0 Å². The number of nitrogens with one attached hydrogen (secondary N) is 1. The van der Waals surface area contributed by atoms with E-state index in [0.29, 0.717) is 6.61 Å². The topological polar surface area (TPSA) is 50.8 Å². The number of carbonyl (C=O) groups excluding carboxylic acids is 1. The Bertz CT molecular complexity index is 480. The van der Waals surface area contributed by atoms with Crippen molar-refractivity contribution in [1.82, 2.24) is 10.2 Å². The van der Waals surface area contributed by atoms with Crippen molar-refractivity contribution in [2.24, 2.45) is 0 Å². The molecule has 2 saturated heterocycles. The predicted molar refractivity (Wildman–Crippen MR) is 88.2 cm³/mol. The van der Waals surface area contributed by atoms with Crippen molar-refractivity contribution in [3.8, 4) is 0 Å². The number of nitrogens with zero attached hydrogens (tertiary/aromatic N) is 1. The number of carbonyl (C=O) groups is 1. The van der Waals surface area contributed by atoms with Gasteiger partial charge in [0.05, 0.1) is 12.7 Å². The predicted octanol–water partition coefficient (Wildman–Crippen LogP) is 2.56. The van der Waals surface area contributed by atoms with Gasteiger partial charge < -0.3 is 19.7 Å². The van der Waals surface area contributed by atoms with Crippen LogP contribution in [0.1, 0.15) is 31.2 Å². The molecule has 1 aromatic rings. The number of hydrogen-bond donors (Lipinski definition) is 1. The van der Waals surface area contributed by atoms with Crippen molar-refractivity contribution in [3.05, 3.63) is 35.9 Å². The summed E-state index contributed by atoms with van der Waals surface area (Å²) >= 11 is 0. The Balaban J connectivity index is 1.37. The van der Waals surface area contributed by atoms with Crippen LogP contribution in [0, 0.1) is 0 Å². The lowest BCUT2D eigenvalue weighted by Crippen LogP contribution is -2.50. The van der Waals surface area contributed by atoms with E-state index < -0.39 is 0 Å². The first-order valence-electron chi connectivity index (χ1n) is 8.60. The van der Waals surface area contributed by atoms with E-state index in [9.17, 15) is 4.79 Å². The van der Waals surface area contributed by atoms with E-state index >= 15 is 0 Å². The molecule has 2 aliphatic heterocycles. The first-order valence-corrected chi connectivity index (χ1v) is 8.60. The highest BCUT2D eigenvalue weighted by molar-refractivity contribution is 5.74. The van der Waals surface area contributed by atoms with E-state index in [1.807, 2.05) is 23.1 Å². The Hall–Kier alpha value is -1.59. The Kier molecular flexibility index (Phi) is 5.88. The second-order valence-electron chi connectivity index (χ2n) is 6.32. The van der Waals surface area contributed by atoms with E-state index in [4.69, 9.17) is 9.47 Å². The molecular weight excluding hydrogens is 292 g/mol. The molecule has 2 heterocycles. The molecule has 126 valence electrons. The Morgan fingerprint density at radius 2 is 1.83 bits per heavy atom. The van der Waals surface area contributed by atoms with Crippen LogP contribution in [0.5, 0.6) is 0 Å². The zero-order valence-electron chi connectivity index (χ0n) is 13.6. The van der Waals surface area contributed by atoms with Gasteiger partial charge in [-0.3, -0.25) is 0 Å². The van der Waals surface area contributed by atoms with Gasteiger partial charge in [-0.1, -0.05) is 30.3 Å². The molecule has 5 heteroatoms. The molecule has 0 aromatic heterocycles. The lowest BCUT2D eigenvalue weighted by Gasteiger charge is -2.33. The summed E-state index contributed by atoms with van der Waals surface area (Å²) in [4.78, 5) is 14.2. The number of ether oxygens (including phenoxy) is 2. The highest BCUT2D eigenvalue weighted by Crippen LogP contribution is 2.16. The Labute approximate surface area is 137 Å².